The van der Waals surface area contributed by atoms with E-state index in [4.69, 9.17) is 16.3 Å². The van der Waals surface area contributed by atoms with Gasteiger partial charge in [0.05, 0.1) is 5.02 Å². The van der Waals surface area contributed by atoms with Gasteiger partial charge in [0.2, 0.25) is 0 Å². The van der Waals surface area contributed by atoms with Crippen LogP contribution in [0.25, 0.3) is 11.1 Å². The standard InChI is InChI=1S/C16H13ClO2/c1-3-15(18)19-14-10-9-13(16(17)11(14)2)12-7-5-4-6-8-12/h3-10H,1H2,2H3. The molecule has 2 aromatic carbocycles. The molecule has 2 rings (SSSR count). The van der Waals surface area contributed by atoms with E-state index in [1.54, 1.807) is 6.07 Å². The average Bonchev–Trinajstić information content (AvgIpc) is 2.45. The SMILES string of the molecule is C=CC(=O)Oc1ccc(-c2ccccc2)c(Cl)c1C. The van der Waals surface area contributed by atoms with Gasteiger partial charge in [0.25, 0.3) is 0 Å². The molecule has 0 unspecified atom stereocenters. The van der Waals surface area contributed by atoms with E-state index in [2.05, 4.69) is 6.58 Å². The van der Waals surface area contributed by atoms with Crippen LogP contribution < -0.4 is 4.74 Å². The molecule has 0 amide bonds. The van der Waals surface area contributed by atoms with Crippen molar-refractivity contribution >= 4 is 17.6 Å². The molecule has 0 radical (unpaired) electrons. The fourth-order valence-electron chi connectivity index (χ4n) is 1.77. The van der Waals surface area contributed by atoms with Gasteiger partial charge in [-0.3, -0.25) is 0 Å². The van der Waals surface area contributed by atoms with Crippen LogP contribution >= 0.6 is 11.6 Å². The van der Waals surface area contributed by atoms with E-state index in [1.165, 1.54) is 0 Å². The van der Waals surface area contributed by atoms with Crippen molar-refractivity contribution in [3.63, 3.8) is 0 Å². The van der Waals surface area contributed by atoms with Gasteiger partial charge < -0.3 is 4.74 Å². The zero-order valence-corrected chi connectivity index (χ0v) is 11.3. The van der Waals surface area contributed by atoms with Gasteiger partial charge in [-0.1, -0.05) is 48.5 Å². The van der Waals surface area contributed by atoms with E-state index in [-0.39, 0.29) is 0 Å². The van der Waals surface area contributed by atoms with Crippen LogP contribution in [0.5, 0.6) is 5.75 Å². The third-order valence-electron chi connectivity index (χ3n) is 2.80. The Morgan fingerprint density at radius 3 is 2.53 bits per heavy atom. The monoisotopic (exact) mass is 272 g/mol. The van der Waals surface area contributed by atoms with Crippen LogP contribution in [0.1, 0.15) is 5.56 Å². The lowest BCUT2D eigenvalue weighted by Gasteiger charge is -2.11. The summed E-state index contributed by atoms with van der Waals surface area (Å²) in [6.45, 7) is 5.19. The van der Waals surface area contributed by atoms with Crippen molar-refractivity contribution < 1.29 is 9.53 Å². The molecule has 0 heterocycles. The molecular formula is C16H13ClO2. The molecule has 0 aliphatic heterocycles. The molecule has 0 N–H and O–H groups in total. The van der Waals surface area contributed by atoms with Gasteiger partial charge in [-0.25, -0.2) is 4.79 Å². The van der Waals surface area contributed by atoms with Crippen LogP contribution in [0, 0.1) is 6.92 Å². The Morgan fingerprint density at radius 1 is 1.21 bits per heavy atom. The Bertz CT molecular complexity index is 618. The molecule has 0 fully saturated rings. The molecule has 2 aromatic rings. The minimum absolute atomic E-state index is 0.453. The number of hydrogen-bond donors (Lipinski definition) is 0. The third kappa shape index (κ3) is 2.85. The van der Waals surface area contributed by atoms with Gasteiger partial charge in [0.1, 0.15) is 5.75 Å². The van der Waals surface area contributed by atoms with E-state index in [9.17, 15) is 4.79 Å². The number of halogens is 1. The number of benzene rings is 2. The summed E-state index contributed by atoms with van der Waals surface area (Å²) >= 11 is 6.34. The predicted molar refractivity (Wildman–Crippen MR) is 77.5 cm³/mol. The highest BCUT2D eigenvalue weighted by molar-refractivity contribution is 6.34. The first-order valence-electron chi connectivity index (χ1n) is 5.82. The molecule has 0 saturated heterocycles. The summed E-state index contributed by atoms with van der Waals surface area (Å²) in [5.74, 6) is -0.0405. The lowest BCUT2D eigenvalue weighted by Crippen LogP contribution is -2.04. The fraction of sp³-hybridized carbons (Fsp3) is 0.0625. The van der Waals surface area contributed by atoms with E-state index >= 15 is 0 Å². The van der Waals surface area contributed by atoms with Gasteiger partial charge >= 0.3 is 5.97 Å². The molecule has 0 bridgehead atoms. The van der Waals surface area contributed by atoms with E-state index in [1.807, 2.05) is 43.3 Å². The molecule has 96 valence electrons. The van der Waals surface area contributed by atoms with Crippen molar-refractivity contribution in [1.82, 2.24) is 0 Å². The van der Waals surface area contributed by atoms with Crippen molar-refractivity contribution in [2.75, 3.05) is 0 Å². The van der Waals surface area contributed by atoms with Crippen LogP contribution in [-0.4, -0.2) is 5.97 Å². The second-order valence-electron chi connectivity index (χ2n) is 4.04. The van der Waals surface area contributed by atoms with Crippen LogP contribution in [-0.2, 0) is 4.79 Å². The Labute approximate surface area is 117 Å². The highest BCUT2D eigenvalue weighted by Crippen LogP contribution is 2.35. The summed E-state index contributed by atoms with van der Waals surface area (Å²) in [6, 6.07) is 13.4. The molecule has 0 aliphatic rings. The third-order valence-corrected chi connectivity index (χ3v) is 3.29. The number of rotatable bonds is 3. The Morgan fingerprint density at radius 2 is 1.89 bits per heavy atom. The largest absolute Gasteiger partial charge is 0.423 e. The van der Waals surface area contributed by atoms with Crippen molar-refractivity contribution in [3.8, 4) is 16.9 Å². The zero-order valence-electron chi connectivity index (χ0n) is 10.5. The first-order valence-corrected chi connectivity index (χ1v) is 6.20. The second-order valence-corrected chi connectivity index (χ2v) is 4.42. The van der Waals surface area contributed by atoms with Crippen LogP contribution in [0.4, 0.5) is 0 Å². The fourth-order valence-corrected chi connectivity index (χ4v) is 2.03. The average molecular weight is 273 g/mol. The maximum absolute atomic E-state index is 11.2. The van der Waals surface area contributed by atoms with Crippen molar-refractivity contribution in [2.45, 2.75) is 6.92 Å². The van der Waals surface area contributed by atoms with Crippen LogP contribution in [0.2, 0.25) is 5.02 Å². The topological polar surface area (TPSA) is 26.3 Å². The molecule has 2 nitrogen and oxygen atoms in total. The van der Waals surface area contributed by atoms with Gasteiger partial charge in [0, 0.05) is 17.2 Å². The van der Waals surface area contributed by atoms with Crippen molar-refractivity contribution in [1.29, 1.82) is 0 Å². The first kappa shape index (κ1) is 13.4. The number of hydrogen-bond acceptors (Lipinski definition) is 2. The summed E-state index contributed by atoms with van der Waals surface area (Å²) in [5, 5.41) is 0.584. The summed E-state index contributed by atoms with van der Waals surface area (Å²) in [6.07, 6.45) is 1.12. The maximum atomic E-state index is 11.2. The maximum Gasteiger partial charge on any atom is 0.335 e. The molecule has 0 spiro atoms. The first-order chi connectivity index (χ1) is 9.13. The summed E-state index contributed by atoms with van der Waals surface area (Å²) in [4.78, 5) is 11.2. The predicted octanol–water partition coefficient (Wildman–Crippen LogP) is 4.41. The lowest BCUT2D eigenvalue weighted by atomic mass is 10.0. The normalized spacial score (nSPS) is 10.0. The number of carbonyl (C=O) groups is 1. The van der Waals surface area contributed by atoms with Gasteiger partial charge in [0.15, 0.2) is 0 Å². The number of ether oxygens (including phenoxy) is 1. The minimum atomic E-state index is -0.494. The molecule has 3 heteroatoms. The van der Waals surface area contributed by atoms with Gasteiger partial charge in [-0.2, -0.15) is 0 Å². The Kier molecular flexibility index (Phi) is 4.03. The van der Waals surface area contributed by atoms with Crippen LogP contribution in [0.3, 0.4) is 0 Å². The summed E-state index contributed by atoms with van der Waals surface area (Å²) in [5.41, 5.74) is 2.67. The Hall–Kier alpha value is -2.06. The second kappa shape index (κ2) is 5.72. The van der Waals surface area contributed by atoms with Crippen molar-refractivity contribution in [3.05, 3.63) is 65.7 Å². The molecule has 19 heavy (non-hydrogen) atoms. The number of carbonyl (C=O) groups excluding carboxylic acids is 1. The minimum Gasteiger partial charge on any atom is -0.423 e. The summed E-state index contributed by atoms with van der Waals surface area (Å²) in [7, 11) is 0. The highest BCUT2D eigenvalue weighted by Gasteiger charge is 2.12. The van der Waals surface area contributed by atoms with Crippen molar-refractivity contribution in [2.24, 2.45) is 0 Å². The quantitative estimate of drug-likeness (QED) is 0.470. The Balaban J connectivity index is 2.43. The molecule has 0 atom stereocenters. The van der Waals surface area contributed by atoms with E-state index in [0.717, 1.165) is 22.8 Å². The molecular weight excluding hydrogens is 260 g/mol. The molecule has 0 aromatic heterocycles. The van der Waals surface area contributed by atoms with E-state index < -0.39 is 5.97 Å². The molecule has 0 saturated carbocycles. The smallest absolute Gasteiger partial charge is 0.335 e. The lowest BCUT2D eigenvalue weighted by molar-refractivity contribution is -0.129. The summed E-state index contributed by atoms with van der Waals surface area (Å²) < 4.78 is 5.12. The van der Waals surface area contributed by atoms with Crippen LogP contribution in [0.15, 0.2) is 55.1 Å². The molecule has 0 aliphatic carbocycles. The van der Waals surface area contributed by atoms with Gasteiger partial charge in [-0.05, 0) is 24.6 Å². The highest BCUT2D eigenvalue weighted by atomic mass is 35.5. The van der Waals surface area contributed by atoms with Gasteiger partial charge in [-0.15, -0.1) is 0 Å². The zero-order chi connectivity index (χ0) is 13.8. The van der Waals surface area contributed by atoms with E-state index in [0.29, 0.717) is 10.8 Å². The number of esters is 1.